The molecule has 0 N–H and O–H groups in total. The Morgan fingerprint density at radius 1 is 1.43 bits per heavy atom. The van der Waals surface area contributed by atoms with Gasteiger partial charge in [0.2, 0.25) is 6.41 Å². The Labute approximate surface area is 138 Å². The Bertz CT molecular complexity index is 538. The van der Waals surface area contributed by atoms with Crippen LogP contribution in [-0.2, 0) is 16.0 Å². The van der Waals surface area contributed by atoms with Crippen LogP contribution in [-0.4, -0.2) is 36.7 Å². The van der Waals surface area contributed by atoms with Crippen molar-refractivity contribution in [1.29, 1.82) is 0 Å². The average Bonchev–Trinajstić information content (AvgIpc) is 2.53. The predicted octanol–water partition coefficient (Wildman–Crippen LogP) is 3.84. The lowest BCUT2D eigenvalue weighted by atomic mass is 9.89. The largest absolute Gasteiger partial charge is 0.378 e. The standard InChI is InChI=1S/C13H15NO.C6H11FO/c1-10(2)13-12-6-4-3-5-11(12)7-8-14(13)9-15;1-5-4-6(7)2-3-8-5/h3-6,9,13H,1,7-8H2,2H3;5-6H,2-4H2,1H3/t13-;5-,6?/m00/s1. The number of alkyl halides is 1. The lowest BCUT2D eigenvalue weighted by molar-refractivity contribution is -0.120. The zero-order valence-corrected chi connectivity index (χ0v) is 14.0. The Kier molecular flexibility index (Phi) is 6.34. The molecular formula is C19H26FNO2. The van der Waals surface area contributed by atoms with Crippen molar-refractivity contribution in [2.24, 2.45) is 0 Å². The molecule has 2 heterocycles. The quantitative estimate of drug-likeness (QED) is 0.612. The third-order valence-corrected chi connectivity index (χ3v) is 4.34. The van der Waals surface area contributed by atoms with Crippen molar-refractivity contribution >= 4 is 6.41 Å². The van der Waals surface area contributed by atoms with E-state index < -0.39 is 6.17 Å². The molecule has 3 atom stereocenters. The van der Waals surface area contributed by atoms with Crippen molar-refractivity contribution in [2.75, 3.05) is 13.2 Å². The number of rotatable bonds is 2. The van der Waals surface area contributed by atoms with E-state index in [9.17, 15) is 9.18 Å². The fraction of sp³-hybridized carbons (Fsp3) is 0.526. The zero-order chi connectivity index (χ0) is 16.8. The molecule has 1 amide bonds. The van der Waals surface area contributed by atoms with E-state index in [2.05, 4.69) is 18.7 Å². The van der Waals surface area contributed by atoms with Gasteiger partial charge in [-0.2, -0.15) is 0 Å². The normalized spacial score (nSPS) is 26.6. The summed E-state index contributed by atoms with van der Waals surface area (Å²) in [4.78, 5) is 12.8. The number of ether oxygens (including phenoxy) is 1. The van der Waals surface area contributed by atoms with Gasteiger partial charge in [0.25, 0.3) is 0 Å². The highest BCUT2D eigenvalue weighted by atomic mass is 19.1. The van der Waals surface area contributed by atoms with E-state index >= 15 is 0 Å². The number of amides is 1. The van der Waals surface area contributed by atoms with Gasteiger partial charge in [0.15, 0.2) is 0 Å². The molecule has 23 heavy (non-hydrogen) atoms. The Hall–Kier alpha value is -1.68. The Morgan fingerprint density at radius 3 is 2.74 bits per heavy atom. The molecule has 0 aromatic heterocycles. The van der Waals surface area contributed by atoms with E-state index in [0.29, 0.717) is 19.4 Å². The number of fused-ring (bicyclic) bond motifs is 1. The molecule has 1 saturated heterocycles. The second-order valence-corrected chi connectivity index (χ2v) is 6.34. The van der Waals surface area contributed by atoms with Crippen molar-refractivity contribution in [3.63, 3.8) is 0 Å². The summed E-state index contributed by atoms with van der Waals surface area (Å²) in [7, 11) is 0. The molecule has 2 aliphatic rings. The molecule has 1 unspecified atom stereocenters. The van der Waals surface area contributed by atoms with Gasteiger partial charge in [-0.3, -0.25) is 4.79 Å². The Morgan fingerprint density at radius 2 is 2.17 bits per heavy atom. The van der Waals surface area contributed by atoms with Gasteiger partial charge in [0, 0.05) is 26.0 Å². The van der Waals surface area contributed by atoms with E-state index in [0.717, 1.165) is 24.9 Å². The molecule has 1 fully saturated rings. The highest BCUT2D eigenvalue weighted by Gasteiger charge is 2.26. The van der Waals surface area contributed by atoms with Gasteiger partial charge >= 0.3 is 0 Å². The number of benzene rings is 1. The van der Waals surface area contributed by atoms with E-state index in [1.54, 1.807) is 0 Å². The second kappa shape index (κ2) is 8.25. The summed E-state index contributed by atoms with van der Waals surface area (Å²) in [5.74, 6) is 0. The van der Waals surface area contributed by atoms with Crippen LogP contribution >= 0.6 is 0 Å². The third kappa shape index (κ3) is 4.64. The molecule has 1 aromatic rings. The van der Waals surface area contributed by atoms with Crippen LogP contribution in [0.15, 0.2) is 36.4 Å². The van der Waals surface area contributed by atoms with E-state index in [-0.39, 0.29) is 12.1 Å². The maximum atomic E-state index is 12.4. The topological polar surface area (TPSA) is 29.5 Å². The van der Waals surface area contributed by atoms with Gasteiger partial charge in [-0.25, -0.2) is 4.39 Å². The van der Waals surface area contributed by atoms with Crippen molar-refractivity contribution in [3.05, 3.63) is 47.5 Å². The summed E-state index contributed by atoms with van der Waals surface area (Å²) in [6, 6.07) is 8.35. The number of hydrogen-bond donors (Lipinski definition) is 0. The smallest absolute Gasteiger partial charge is 0.210 e. The van der Waals surface area contributed by atoms with Gasteiger partial charge in [0.05, 0.1) is 12.1 Å². The third-order valence-electron chi connectivity index (χ3n) is 4.34. The molecule has 0 spiro atoms. The predicted molar refractivity (Wildman–Crippen MR) is 90.0 cm³/mol. The van der Waals surface area contributed by atoms with Crippen LogP contribution in [0.1, 0.15) is 43.9 Å². The van der Waals surface area contributed by atoms with Gasteiger partial charge in [-0.05, 0) is 31.4 Å². The number of halogens is 1. The van der Waals surface area contributed by atoms with Crippen LogP contribution in [0.2, 0.25) is 0 Å². The van der Waals surface area contributed by atoms with E-state index in [1.807, 2.05) is 30.9 Å². The Balaban J connectivity index is 0.000000203. The summed E-state index contributed by atoms with van der Waals surface area (Å²) in [5.41, 5.74) is 3.58. The number of carbonyl (C=O) groups excluding carboxylic acids is 1. The van der Waals surface area contributed by atoms with Gasteiger partial charge in [-0.1, -0.05) is 36.4 Å². The van der Waals surface area contributed by atoms with Crippen LogP contribution in [0.3, 0.4) is 0 Å². The van der Waals surface area contributed by atoms with Crippen LogP contribution in [0.25, 0.3) is 0 Å². The summed E-state index contributed by atoms with van der Waals surface area (Å²) in [5, 5.41) is 0. The van der Waals surface area contributed by atoms with Crippen molar-refractivity contribution in [1.82, 2.24) is 4.90 Å². The van der Waals surface area contributed by atoms with Gasteiger partial charge in [-0.15, -0.1) is 0 Å². The number of nitrogens with zero attached hydrogens (tertiary/aromatic N) is 1. The summed E-state index contributed by atoms with van der Waals surface area (Å²) >= 11 is 0. The van der Waals surface area contributed by atoms with Crippen LogP contribution < -0.4 is 0 Å². The van der Waals surface area contributed by atoms with E-state index in [4.69, 9.17) is 4.74 Å². The monoisotopic (exact) mass is 319 g/mol. The van der Waals surface area contributed by atoms with Crippen LogP contribution in [0, 0.1) is 0 Å². The minimum atomic E-state index is -0.612. The van der Waals surface area contributed by atoms with Gasteiger partial charge < -0.3 is 9.64 Å². The summed E-state index contributed by atoms with van der Waals surface area (Å²) < 4.78 is 17.5. The first-order valence-electron chi connectivity index (χ1n) is 8.22. The molecule has 126 valence electrons. The molecule has 3 rings (SSSR count). The molecule has 0 saturated carbocycles. The lowest BCUT2D eigenvalue weighted by Gasteiger charge is -2.35. The number of hydrogen-bond acceptors (Lipinski definition) is 2. The van der Waals surface area contributed by atoms with Crippen molar-refractivity contribution in [3.8, 4) is 0 Å². The molecule has 2 aliphatic heterocycles. The molecule has 0 aliphatic carbocycles. The highest BCUT2D eigenvalue weighted by Crippen LogP contribution is 2.32. The average molecular weight is 319 g/mol. The van der Waals surface area contributed by atoms with Gasteiger partial charge in [0.1, 0.15) is 6.17 Å². The fourth-order valence-electron chi connectivity index (χ4n) is 3.19. The van der Waals surface area contributed by atoms with Crippen molar-refractivity contribution in [2.45, 2.75) is 51.4 Å². The minimum Gasteiger partial charge on any atom is -0.378 e. The molecule has 1 aromatic carbocycles. The summed E-state index contributed by atoms with van der Waals surface area (Å²) in [6.45, 7) is 9.25. The second-order valence-electron chi connectivity index (χ2n) is 6.34. The van der Waals surface area contributed by atoms with Crippen LogP contribution in [0.4, 0.5) is 4.39 Å². The SMILES string of the molecule is C=C(C)[C@H]1c2ccccc2CCN1C=O.C[C@H]1CC(F)CCO1. The first kappa shape index (κ1) is 17.7. The first-order chi connectivity index (χ1) is 11.0. The highest BCUT2D eigenvalue weighted by molar-refractivity contribution is 5.53. The summed E-state index contributed by atoms with van der Waals surface area (Å²) in [6.07, 6.45) is 2.57. The molecule has 4 heteroatoms. The molecular weight excluding hydrogens is 293 g/mol. The van der Waals surface area contributed by atoms with Crippen LogP contribution in [0.5, 0.6) is 0 Å². The lowest BCUT2D eigenvalue weighted by Crippen LogP contribution is -2.34. The number of carbonyl (C=O) groups is 1. The molecule has 0 radical (unpaired) electrons. The molecule has 3 nitrogen and oxygen atoms in total. The minimum absolute atomic E-state index is 0.0625. The maximum absolute atomic E-state index is 12.4. The maximum Gasteiger partial charge on any atom is 0.210 e. The van der Waals surface area contributed by atoms with Crippen molar-refractivity contribution < 1.29 is 13.9 Å². The zero-order valence-electron chi connectivity index (χ0n) is 14.0. The van der Waals surface area contributed by atoms with E-state index in [1.165, 1.54) is 11.1 Å². The molecule has 0 bridgehead atoms. The fourth-order valence-corrected chi connectivity index (χ4v) is 3.19. The first-order valence-corrected chi connectivity index (χ1v) is 8.22.